The van der Waals surface area contributed by atoms with Gasteiger partial charge in [0, 0.05) is 25.3 Å². The maximum absolute atomic E-state index is 11.1. The summed E-state index contributed by atoms with van der Waals surface area (Å²) < 4.78 is 15.3. The minimum atomic E-state index is -0.272. The zero-order valence-electron chi connectivity index (χ0n) is 13.8. The predicted molar refractivity (Wildman–Crippen MR) is 101 cm³/mol. The fourth-order valence-corrected chi connectivity index (χ4v) is 1.72. The number of carbonyl (C=O) groups excluding carboxylic acids is 1. The van der Waals surface area contributed by atoms with E-state index in [1.165, 1.54) is 7.11 Å². The van der Waals surface area contributed by atoms with E-state index >= 15 is 0 Å². The van der Waals surface area contributed by atoms with Gasteiger partial charge in [-0.05, 0) is 19.1 Å². The van der Waals surface area contributed by atoms with Gasteiger partial charge in [-0.1, -0.05) is 0 Å². The molecule has 7 nitrogen and oxygen atoms in total. The molecule has 0 bridgehead atoms. The van der Waals surface area contributed by atoms with Crippen LogP contribution in [-0.4, -0.2) is 46.3 Å². The molecule has 0 heterocycles. The molecule has 0 saturated heterocycles. The molecule has 0 aliphatic carbocycles. The van der Waals surface area contributed by atoms with Crippen molar-refractivity contribution in [2.45, 2.75) is 13.3 Å². The summed E-state index contributed by atoms with van der Waals surface area (Å²) in [4.78, 5) is 15.2. The van der Waals surface area contributed by atoms with E-state index in [1.54, 1.807) is 14.2 Å². The van der Waals surface area contributed by atoms with Crippen molar-refractivity contribution in [3.05, 3.63) is 18.2 Å². The molecule has 0 fully saturated rings. The number of esters is 1. The molecular formula is C15H24IN3O4. The fourth-order valence-electron chi connectivity index (χ4n) is 1.72. The summed E-state index contributed by atoms with van der Waals surface area (Å²) in [6.07, 6.45) is 0.268. The highest BCUT2D eigenvalue weighted by Crippen LogP contribution is 2.30. The van der Waals surface area contributed by atoms with Crippen LogP contribution < -0.4 is 20.1 Å². The van der Waals surface area contributed by atoms with Gasteiger partial charge >= 0.3 is 5.97 Å². The van der Waals surface area contributed by atoms with E-state index in [0.29, 0.717) is 30.6 Å². The second-order valence-corrected chi connectivity index (χ2v) is 4.25. The Bertz CT molecular complexity index is 523. The first-order chi connectivity index (χ1) is 10.6. The third-order valence-corrected chi connectivity index (χ3v) is 2.80. The van der Waals surface area contributed by atoms with Gasteiger partial charge in [0.25, 0.3) is 0 Å². The van der Waals surface area contributed by atoms with E-state index in [0.717, 1.165) is 5.69 Å². The minimum absolute atomic E-state index is 0. The Morgan fingerprint density at radius 1 is 1.26 bits per heavy atom. The lowest BCUT2D eigenvalue weighted by Gasteiger charge is -2.14. The molecule has 2 N–H and O–H groups in total. The van der Waals surface area contributed by atoms with E-state index in [9.17, 15) is 4.79 Å². The standard InChI is InChI=1S/C15H23N3O4.HI/c1-5-22-13-10-11(6-7-12(13)20-3)18-15(16-2)17-9-8-14(19)21-4;/h6-7,10H,5,8-9H2,1-4H3,(H2,16,17,18);1H. The lowest BCUT2D eigenvalue weighted by molar-refractivity contribution is -0.140. The first-order valence-corrected chi connectivity index (χ1v) is 6.99. The van der Waals surface area contributed by atoms with Gasteiger partial charge in [-0.2, -0.15) is 0 Å². The summed E-state index contributed by atoms with van der Waals surface area (Å²) >= 11 is 0. The highest BCUT2D eigenvalue weighted by molar-refractivity contribution is 14.0. The Balaban J connectivity index is 0.00000484. The number of hydrogen-bond acceptors (Lipinski definition) is 5. The van der Waals surface area contributed by atoms with Crippen LogP contribution in [0, 0.1) is 0 Å². The van der Waals surface area contributed by atoms with Gasteiger partial charge in [0.15, 0.2) is 17.5 Å². The number of guanidine groups is 1. The van der Waals surface area contributed by atoms with Gasteiger partial charge in [-0.3, -0.25) is 9.79 Å². The fraction of sp³-hybridized carbons (Fsp3) is 0.467. The Hall–Kier alpha value is -1.71. The summed E-state index contributed by atoms with van der Waals surface area (Å²) in [5, 5.41) is 6.15. The number of anilines is 1. The van der Waals surface area contributed by atoms with Gasteiger partial charge in [0.05, 0.1) is 27.2 Å². The Morgan fingerprint density at radius 3 is 2.57 bits per heavy atom. The van der Waals surface area contributed by atoms with Crippen molar-refractivity contribution in [3.8, 4) is 11.5 Å². The molecule has 1 aromatic carbocycles. The quantitative estimate of drug-likeness (QED) is 0.295. The van der Waals surface area contributed by atoms with Crippen LogP contribution in [0.15, 0.2) is 23.2 Å². The third-order valence-electron chi connectivity index (χ3n) is 2.80. The number of halogens is 1. The van der Waals surface area contributed by atoms with E-state index in [1.807, 2.05) is 25.1 Å². The summed E-state index contributed by atoms with van der Waals surface area (Å²) in [5.74, 6) is 1.60. The highest BCUT2D eigenvalue weighted by atomic mass is 127. The molecule has 0 amide bonds. The van der Waals surface area contributed by atoms with E-state index < -0.39 is 0 Å². The first kappa shape index (κ1) is 21.3. The molecule has 0 aromatic heterocycles. The number of nitrogens with one attached hydrogen (secondary N) is 2. The van der Waals surface area contributed by atoms with Crippen LogP contribution in [0.4, 0.5) is 5.69 Å². The third kappa shape index (κ3) is 7.40. The summed E-state index contributed by atoms with van der Waals surface area (Å²) in [6.45, 7) is 2.89. The Kier molecular flexibility index (Phi) is 10.9. The molecule has 1 rings (SSSR count). The van der Waals surface area contributed by atoms with Crippen molar-refractivity contribution in [2.75, 3.05) is 39.7 Å². The maximum atomic E-state index is 11.1. The number of hydrogen-bond donors (Lipinski definition) is 2. The molecule has 0 aliphatic heterocycles. The lowest BCUT2D eigenvalue weighted by atomic mass is 10.2. The van der Waals surface area contributed by atoms with Gasteiger partial charge in [0.2, 0.25) is 0 Å². The van der Waals surface area contributed by atoms with Crippen LogP contribution in [0.3, 0.4) is 0 Å². The molecule has 130 valence electrons. The van der Waals surface area contributed by atoms with Gasteiger partial charge in [-0.15, -0.1) is 24.0 Å². The average molecular weight is 437 g/mol. The molecular weight excluding hydrogens is 413 g/mol. The molecule has 0 saturated carbocycles. The molecule has 0 radical (unpaired) electrons. The smallest absolute Gasteiger partial charge is 0.307 e. The van der Waals surface area contributed by atoms with Crippen molar-refractivity contribution in [3.63, 3.8) is 0 Å². The summed E-state index contributed by atoms with van der Waals surface area (Å²) in [6, 6.07) is 5.50. The largest absolute Gasteiger partial charge is 0.493 e. The second kappa shape index (κ2) is 11.8. The number of benzene rings is 1. The van der Waals surface area contributed by atoms with Crippen LogP contribution in [-0.2, 0) is 9.53 Å². The molecule has 0 atom stereocenters. The van der Waals surface area contributed by atoms with Crippen LogP contribution in [0.2, 0.25) is 0 Å². The predicted octanol–water partition coefficient (Wildman–Crippen LogP) is 2.26. The molecule has 0 spiro atoms. The molecule has 8 heteroatoms. The van der Waals surface area contributed by atoms with E-state index in [2.05, 4.69) is 20.4 Å². The van der Waals surface area contributed by atoms with E-state index in [4.69, 9.17) is 9.47 Å². The van der Waals surface area contributed by atoms with Gasteiger partial charge in [-0.25, -0.2) is 0 Å². The molecule has 0 aliphatic rings. The van der Waals surface area contributed by atoms with Crippen LogP contribution in [0.25, 0.3) is 0 Å². The minimum Gasteiger partial charge on any atom is -0.493 e. The topological polar surface area (TPSA) is 81.2 Å². The number of methoxy groups -OCH3 is 2. The lowest BCUT2D eigenvalue weighted by Crippen LogP contribution is -2.32. The number of rotatable bonds is 7. The van der Waals surface area contributed by atoms with Crippen molar-refractivity contribution >= 4 is 41.6 Å². The molecule has 1 aromatic rings. The van der Waals surface area contributed by atoms with E-state index in [-0.39, 0.29) is 36.4 Å². The normalized spacial score (nSPS) is 10.3. The average Bonchev–Trinajstić information content (AvgIpc) is 2.54. The number of carbonyl (C=O) groups is 1. The first-order valence-electron chi connectivity index (χ1n) is 6.99. The SMILES string of the molecule is CCOc1cc(NC(=NC)NCCC(=O)OC)ccc1OC.I. The Morgan fingerprint density at radius 2 is 2.00 bits per heavy atom. The zero-order valence-corrected chi connectivity index (χ0v) is 16.2. The Labute approximate surface area is 153 Å². The van der Waals surface area contributed by atoms with Crippen molar-refractivity contribution < 1.29 is 19.0 Å². The maximum Gasteiger partial charge on any atom is 0.307 e. The number of aliphatic imine (C=N–C) groups is 1. The van der Waals surface area contributed by atoms with Crippen LogP contribution >= 0.6 is 24.0 Å². The van der Waals surface area contributed by atoms with Gasteiger partial charge < -0.3 is 24.8 Å². The zero-order chi connectivity index (χ0) is 16.4. The summed E-state index contributed by atoms with van der Waals surface area (Å²) in [7, 11) is 4.61. The number of ether oxygens (including phenoxy) is 3. The molecule has 23 heavy (non-hydrogen) atoms. The van der Waals surface area contributed by atoms with Gasteiger partial charge in [0.1, 0.15) is 0 Å². The monoisotopic (exact) mass is 437 g/mol. The van der Waals surface area contributed by atoms with Crippen LogP contribution in [0.5, 0.6) is 11.5 Å². The van der Waals surface area contributed by atoms with Crippen molar-refractivity contribution in [1.82, 2.24) is 5.32 Å². The summed E-state index contributed by atoms with van der Waals surface area (Å²) in [5.41, 5.74) is 0.801. The number of nitrogens with zero attached hydrogens (tertiary/aromatic N) is 1. The van der Waals surface area contributed by atoms with Crippen LogP contribution in [0.1, 0.15) is 13.3 Å². The van der Waals surface area contributed by atoms with Crippen molar-refractivity contribution in [2.24, 2.45) is 4.99 Å². The second-order valence-electron chi connectivity index (χ2n) is 4.25. The molecule has 0 unspecified atom stereocenters. The van der Waals surface area contributed by atoms with Crippen molar-refractivity contribution in [1.29, 1.82) is 0 Å². The highest BCUT2D eigenvalue weighted by Gasteiger charge is 2.07.